The van der Waals surface area contributed by atoms with E-state index >= 15 is 0 Å². The van der Waals surface area contributed by atoms with Crippen LogP contribution in [0.4, 0.5) is 4.39 Å². The standard InChI is InChI=1S/C25H26FN3O2/c1-2-29(28-17-4-3-5-18-28)25(30)24-8-6-7-23(27-24)19-9-13-21(14-10-19)31-22-15-11-20(26)12-16-22/h6-16H,2-5,17-18H2,1H3. The molecule has 160 valence electrons. The molecule has 1 aromatic heterocycles. The van der Waals surface area contributed by atoms with E-state index in [1.807, 2.05) is 48.3 Å². The average Bonchev–Trinajstić information content (AvgIpc) is 2.82. The first-order valence-electron chi connectivity index (χ1n) is 10.7. The van der Waals surface area contributed by atoms with Gasteiger partial charge in [-0.2, -0.15) is 0 Å². The molecule has 0 radical (unpaired) electrons. The fourth-order valence-electron chi connectivity index (χ4n) is 3.77. The molecule has 2 aromatic carbocycles. The topological polar surface area (TPSA) is 45.7 Å². The zero-order valence-electron chi connectivity index (χ0n) is 17.6. The number of carbonyl (C=O) groups excluding carboxylic acids is 1. The first-order chi connectivity index (χ1) is 15.1. The Kier molecular flexibility index (Phi) is 6.57. The Bertz CT molecular complexity index is 1020. The summed E-state index contributed by atoms with van der Waals surface area (Å²) in [6.07, 6.45) is 3.45. The van der Waals surface area contributed by atoms with E-state index in [1.165, 1.54) is 18.6 Å². The van der Waals surface area contributed by atoms with E-state index in [1.54, 1.807) is 18.2 Å². The van der Waals surface area contributed by atoms with E-state index in [0.717, 1.165) is 37.2 Å². The van der Waals surface area contributed by atoms with Crippen molar-refractivity contribution in [2.75, 3.05) is 19.6 Å². The molecule has 0 saturated carbocycles. The highest BCUT2D eigenvalue weighted by atomic mass is 19.1. The van der Waals surface area contributed by atoms with E-state index in [2.05, 4.69) is 9.99 Å². The smallest absolute Gasteiger partial charge is 0.286 e. The lowest BCUT2D eigenvalue weighted by Gasteiger charge is -2.36. The van der Waals surface area contributed by atoms with Crippen molar-refractivity contribution in [3.8, 4) is 22.8 Å². The minimum Gasteiger partial charge on any atom is -0.457 e. The maximum Gasteiger partial charge on any atom is 0.286 e. The Morgan fingerprint density at radius 1 is 0.968 bits per heavy atom. The van der Waals surface area contributed by atoms with Gasteiger partial charge in [-0.3, -0.25) is 9.80 Å². The molecule has 1 fully saturated rings. The summed E-state index contributed by atoms with van der Waals surface area (Å²) in [4.78, 5) is 17.7. The molecule has 0 aliphatic carbocycles. The number of rotatable bonds is 6. The van der Waals surface area contributed by atoms with E-state index in [0.29, 0.717) is 23.7 Å². The quantitative estimate of drug-likeness (QED) is 0.526. The van der Waals surface area contributed by atoms with Gasteiger partial charge in [-0.25, -0.2) is 14.4 Å². The Morgan fingerprint density at radius 3 is 2.26 bits per heavy atom. The lowest BCUT2D eigenvalue weighted by atomic mass is 10.1. The summed E-state index contributed by atoms with van der Waals surface area (Å²) in [5, 5.41) is 3.95. The van der Waals surface area contributed by atoms with E-state index in [4.69, 9.17) is 4.74 Å². The molecule has 0 bridgehead atoms. The summed E-state index contributed by atoms with van der Waals surface area (Å²) < 4.78 is 18.8. The fourth-order valence-corrected chi connectivity index (χ4v) is 3.77. The van der Waals surface area contributed by atoms with Crippen molar-refractivity contribution in [2.24, 2.45) is 0 Å². The SMILES string of the molecule is CCN(C(=O)c1cccc(-c2ccc(Oc3ccc(F)cc3)cc2)n1)N1CCCCC1. The molecule has 0 N–H and O–H groups in total. The predicted octanol–water partition coefficient (Wildman–Crippen LogP) is 5.54. The van der Waals surface area contributed by atoms with Crippen LogP contribution in [0, 0.1) is 5.82 Å². The van der Waals surface area contributed by atoms with Crippen molar-refractivity contribution >= 4 is 5.91 Å². The number of nitrogens with zero attached hydrogens (tertiary/aromatic N) is 3. The van der Waals surface area contributed by atoms with Gasteiger partial charge in [0.25, 0.3) is 5.91 Å². The highest BCUT2D eigenvalue weighted by Gasteiger charge is 2.24. The second-order valence-electron chi connectivity index (χ2n) is 7.52. The summed E-state index contributed by atoms with van der Waals surface area (Å²) in [6, 6.07) is 18.9. The first-order valence-corrected chi connectivity index (χ1v) is 10.7. The van der Waals surface area contributed by atoms with Crippen LogP contribution in [-0.4, -0.2) is 40.5 Å². The highest BCUT2D eigenvalue weighted by molar-refractivity contribution is 5.92. The molecule has 2 heterocycles. The number of ether oxygens (including phenoxy) is 1. The number of hydrogen-bond donors (Lipinski definition) is 0. The maximum atomic E-state index is 13.1. The zero-order valence-corrected chi connectivity index (χ0v) is 17.6. The van der Waals surface area contributed by atoms with E-state index < -0.39 is 0 Å². The van der Waals surface area contributed by atoms with Crippen LogP contribution in [-0.2, 0) is 0 Å². The van der Waals surface area contributed by atoms with Crippen LogP contribution >= 0.6 is 0 Å². The second kappa shape index (κ2) is 9.71. The van der Waals surface area contributed by atoms with Crippen molar-refractivity contribution in [2.45, 2.75) is 26.2 Å². The van der Waals surface area contributed by atoms with Gasteiger partial charge < -0.3 is 4.74 Å². The van der Waals surface area contributed by atoms with Gasteiger partial charge in [0.15, 0.2) is 0 Å². The van der Waals surface area contributed by atoms with Crippen LogP contribution in [0.1, 0.15) is 36.7 Å². The summed E-state index contributed by atoms with van der Waals surface area (Å²) in [5.41, 5.74) is 2.06. The van der Waals surface area contributed by atoms with Gasteiger partial charge in [-0.1, -0.05) is 12.5 Å². The van der Waals surface area contributed by atoms with Crippen LogP contribution in [0.2, 0.25) is 0 Å². The van der Waals surface area contributed by atoms with E-state index in [9.17, 15) is 9.18 Å². The maximum absolute atomic E-state index is 13.1. The molecular formula is C25H26FN3O2. The van der Waals surface area contributed by atoms with Crippen molar-refractivity contribution in [1.29, 1.82) is 0 Å². The number of pyridine rings is 1. The van der Waals surface area contributed by atoms with Crippen molar-refractivity contribution in [3.63, 3.8) is 0 Å². The highest BCUT2D eigenvalue weighted by Crippen LogP contribution is 2.25. The summed E-state index contributed by atoms with van der Waals surface area (Å²) in [5.74, 6) is 0.842. The first kappa shape index (κ1) is 21.0. The number of aromatic nitrogens is 1. The van der Waals surface area contributed by atoms with Gasteiger partial charge in [0, 0.05) is 25.2 Å². The third-order valence-electron chi connectivity index (χ3n) is 5.38. The summed E-state index contributed by atoms with van der Waals surface area (Å²) in [6.45, 7) is 4.44. The number of halogens is 1. The van der Waals surface area contributed by atoms with Crippen LogP contribution in [0.25, 0.3) is 11.3 Å². The Labute approximate surface area is 182 Å². The number of amides is 1. The van der Waals surface area contributed by atoms with Crippen molar-refractivity contribution in [1.82, 2.24) is 15.0 Å². The van der Waals surface area contributed by atoms with Crippen molar-refractivity contribution < 1.29 is 13.9 Å². The molecule has 0 unspecified atom stereocenters. The van der Waals surface area contributed by atoms with Crippen LogP contribution in [0.15, 0.2) is 66.7 Å². The third kappa shape index (κ3) is 5.09. The number of hydrazine groups is 1. The summed E-state index contributed by atoms with van der Waals surface area (Å²) in [7, 11) is 0. The molecule has 1 saturated heterocycles. The number of carbonyl (C=O) groups is 1. The third-order valence-corrected chi connectivity index (χ3v) is 5.38. The molecule has 0 spiro atoms. The fraction of sp³-hybridized carbons (Fsp3) is 0.280. The molecule has 3 aromatic rings. The van der Waals surface area contributed by atoms with Crippen LogP contribution in [0.5, 0.6) is 11.5 Å². The number of piperidine rings is 1. The second-order valence-corrected chi connectivity index (χ2v) is 7.52. The molecule has 0 atom stereocenters. The van der Waals surface area contributed by atoms with Gasteiger partial charge in [0.2, 0.25) is 0 Å². The minimum atomic E-state index is -0.301. The molecule has 6 heteroatoms. The molecule has 31 heavy (non-hydrogen) atoms. The molecule has 1 amide bonds. The molecule has 1 aliphatic rings. The number of hydrogen-bond acceptors (Lipinski definition) is 4. The monoisotopic (exact) mass is 419 g/mol. The van der Waals surface area contributed by atoms with Gasteiger partial charge in [-0.05, 0) is 80.4 Å². The Balaban J connectivity index is 1.49. The zero-order chi connectivity index (χ0) is 21.6. The summed E-state index contributed by atoms with van der Waals surface area (Å²) >= 11 is 0. The Hall–Kier alpha value is -3.25. The molecular weight excluding hydrogens is 393 g/mol. The van der Waals surface area contributed by atoms with Gasteiger partial charge >= 0.3 is 0 Å². The van der Waals surface area contributed by atoms with Crippen molar-refractivity contribution in [3.05, 3.63) is 78.2 Å². The predicted molar refractivity (Wildman–Crippen MR) is 118 cm³/mol. The number of benzene rings is 2. The van der Waals surface area contributed by atoms with Gasteiger partial charge in [0.1, 0.15) is 23.0 Å². The minimum absolute atomic E-state index is 0.0671. The molecule has 5 nitrogen and oxygen atoms in total. The normalized spacial score (nSPS) is 14.3. The van der Waals surface area contributed by atoms with Crippen LogP contribution < -0.4 is 4.74 Å². The van der Waals surface area contributed by atoms with E-state index in [-0.39, 0.29) is 11.7 Å². The lowest BCUT2D eigenvalue weighted by molar-refractivity contribution is -0.0186. The van der Waals surface area contributed by atoms with Crippen LogP contribution in [0.3, 0.4) is 0 Å². The van der Waals surface area contributed by atoms with Gasteiger partial charge in [-0.15, -0.1) is 0 Å². The van der Waals surface area contributed by atoms with Gasteiger partial charge in [0.05, 0.1) is 5.69 Å². The average molecular weight is 420 g/mol. The Morgan fingerprint density at radius 2 is 1.61 bits per heavy atom. The lowest BCUT2D eigenvalue weighted by Crippen LogP contribution is -2.48. The largest absolute Gasteiger partial charge is 0.457 e. The molecule has 1 aliphatic heterocycles. The molecule has 4 rings (SSSR count).